The highest BCUT2D eigenvalue weighted by molar-refractivity contribution is 5.99. The summed E-state index contributed by atoms with van der Waals surface area (Å²) >= 11 is 0. The zero-order chi connectivity index (χ0) is 13.0. The standard InChI is InChI=1S/C12H13NO4/c1-7-5-9(8(2)14)3-4-10(7)12(17)13-6-11(15)16/h3-5H,6H2,1-2H3,(H,13,17)(H,15,16). The van der Waals surface area contributed by atoms with Crippen molar-refractivity contribution in [3.8, 4) is 0 Å². The lowest BCUT2D eigenvalue weighted by atomic mass is 10.0. The zero-order valence-electron chi connectivity index (χ0n) is 9.61. The number of hydrogen-bond donors (Lipinski definition) is 2. The van der Waals surface area contributed by atoms with Crippen LogP contribution in [0.4, 0.5) is 0 Å². The van der Waals surface area contributed by atoms with E-state index in [9.17, 15) is 14.4 Å². The molecule has 90 valence electrons. The minimum absolute atomic E-state index is 0.0782. The predicted octanol–water partition coefficient (Wildman–Crippen LogP) is 1.01. The van der Waals surface area contributed by atoms with Gasteiger partial charge in [0.15, 0.2) is 5.78 Å². The minimum atomic E-state index is -1.10. The molecule has 0 aliphatic rings. The first-order valence-corrected chi connectivity index (χ1v) is 5.03. The molecule has 0 spiro atoms. The number of carboxylic acid groups (broad SMARTS) is 1. The molecule has 2 N–H and O–H groups in total. The van der Waals surface area contributed by atoms with E-state index < -0.39 is 18.4 Å². The molecule has 0 atom stereocenters. The van der Waals surface area contributed by atoms with E-state index in [1.54, 1.807) is 19.1 Å². The summed E-state index contributed by atoms with van der Waals surface area (Å²) in [4.78, 5) is 33.0. The van der Waals surface area contributed by atoms with Gasteiger partial charge < -0.3 is 10.4 Å². The predicted molar refractivity (Wildman–Crippen MR) is 61.2 cm³/mol. The van der Waals surface area contributed by atoms with E-state index in [2.05, 4.69) is 5.32 Å². The van der Waals surface area contributed by atoms with E-state index in [1.165, 1.54) is 13.0 Å². The molecule has 0 bridgehead atoms. The molecule has 5 nitrogen and oxygen atoms in total. The third kappa shape index (κ3) is 3.41. The van der Waals surface area contributed by atoms with Gasteiger partial charge in [-0.05, 0) is 31.5 Å². The summed E-state index contributed by atoms with van der Waals surface area (Å²) < 4.78 is 0. The summed E-state index contributed by atoms with van der Waals surface area (Å²) in [5, 5.41) is 10.7. The lowest BCUT2D eigenvalue weighted by Crippen LogP contribution is -2.29. The first-order valence-electron chi connectivity index (χ1n) is 5.03. The highest BCUT2D eigenvalue weighted by atomic mass is 16.4. The van der Waals surface area contributed by atoms with Crippen molar-refractivity contribution in [1.82, 2.24) is 5.32 Å². The topological polar surface area (TPSA) is 83.5 Å². The number of carbonyl (C=O) groups excluding carboxylic acids is 2. The fourth-order valence-electron chi connectivity index (χ4n) is 1.39. The molecule has 1 amide bonds. The van der Waals surface area contributed by atoms with Gasteiger partial charge in [-0.3, -0.25) is 14.4 Å². The maximum absolute atomic E-state index is 11.6. The van der Waals surface area contributed by atoms with Crippen LogP contribution in [0.2, 0.25) is 0 Å². The van der Waals surface area contributed by atoms with Gasteiger partial charge in [-0.1, -0.05) is 6.07 Å². The van der Waals surface area contributed by atoms with Crippen LogP contribution in [0.5, 0.6) is 0 Å². The number of aryl methyl sites for hydroxylation is 1. The minimum Gasteiger partial charge on any atom is -0.480 e. The van der Waals surface area contributed by atoms with Crippen LogP contribution in [-0.4, -0.2) is 29.3 Å². The smallest absolute Gasteiger partial charge is 0.322 e. The van der Waals surface area contributed by atoms with E-state index in [1.807, 2.05) is 0 Å². The van der Waals surface area contributed by atoms with Gasteiger partial charge in [-0.15, -0.1) is 0 Å². The van der Waals surface area contributed by atoms with Gasteiger partial charge in [0.05, 0.1) is 0 Å². The average Bonchev–Trinajstić information content (AvgIpc) is 2.25. The quantitative estimate of drug-likeness (QED) is 0.763. The first kappa shape index (κ1) is 12.9. The molecular formula is C12H13NO4. The second kappa shape index (κ2) is 5.25. The van der Waals surface area contributed by atoms with E-state index in [4.69, 9.17) is 5.11 Å². The maximum atomic E-state index is 11.6. The number of Topliss-reactive ketones (excluding diaryl/α,β-unsaturated/α-hetero) is 1. The SMILES string of the molecule is CC(=O)c1ccc(C(=O)NCC(=O)O)c(C)c1. The monoisotopic (exact) mass is 235 g/mol. The van der Waals surface area contributed by atoms with Gasteiger partial charge in [0.25, 0.3) is 5.91 Å². The molecule has 17 heavy (non-hydrogen) atoms. The number of aliphatic carboxylic acids is 1. The highest BCUT2D eigenvalue weighted by Crippen LogP contribution is 2.11. The number of carbonyl (C=O) groups is 3. The zero-order valence-corrected chi connectivity index (χ0v) is 9.61. The van der Waals surface area contributed by atoms with Gasteiger partial charge in [0.1, 0.15) is 6.54 Å². The normalized spacial score (nSPS) is 9.76. The van der Waals surface area contributed by atoms with Crippen molar-refractivity contribution in [2.24, 2.45) is 0 Å². The Morgan fingerprint density at radius 1 is 1.29 bits per heavy atom. The number of carboxylic acids is 1. The summed E-state index contributed by atoms with van der Waals surface area (Å²) in [7, 11) is 0. The molecule has 0 heterocycles. The fourth-order valence-corrected chi connectivity index (χ4v) is 1.39. The van der Waals surface area contributed by atoms with Gasteiger partial charge in [0.2, 0.25) is 0 Å². The molecule has 0 aromatic heterocycles. The van der Waals surface area contributed by atoms with E-state index in [-0.39, 0.29) is 5.78 Å². The molecule has 0 radical (unpaired) electrons. The van der Waals surface area contributed by atoms with Gasteiger partial charge in [-0.2, -0.15) is 0 Å². The summed E-state index contributed by atoms with van der Waals surface area (Å²) in [6, 6.07) is 4.67. The number of nitrogens with one attached hydrogen (secondary N) is 1. The molecule has 0 unspecified atom stereocenters. The van der Waals surface area contributed by atoms with Crippen molar-refractivity contribution >= 4 is 17.7 Å². The van der Waals surface area contributed by atoms with Crippen LogP contribution in [0.15, 0.2) is 18.2 Å². The summed E-state index contributed by atoms with van der Waals surface area (Å²) in [6.07, 6.45) is 0. The molecule has 0 saturated heterocycles. The van der Waals surface area contributed by atoms with Gasteiger partial charge >= 0.3 is 5.97 Å². The maximum Gasteiger partial charge on any atom is 0.322 e. The summed E-state index contributed by atoms with van der Waals surface area (Å²) in [5.74, 6) is -1.64. The molecule has 1 rings (SSSR count). The molecule has 1 aromatic rings. The second-order valence-electron chi connectivity index (χ2n) is 3.66. The Balaban J connectivity index is 2.88. The van der Waals surface area contributed by atoms with Crippen LogP contribution in [-0.2, 0) is 4.79 Å². The third-order valence-corrected chi connectivity index (χ3v) is 2.28. The van der Waals surface area contributed by atoms with E-state index in [0.29, 0.717) is 16.7 Å². The Morgan fingerprint density at radius 2 is 1.94 bits per heavy atom. The van der Waals surface area contributed by atoms with Crippen molar-refractivity contribution < 1.29 is 19.5 Å². The van der Waals surface area contributed by atoms with E-state index >= 15 is 0 Å². The number of hydrogen-bond acceptors (Lipinski definition) is 3. The molecule has 0 aliphatic heterocycles. The Morgan fingerprint density at radius 3 is 2.41 bits per heavy atom. The average molecular weight is 235 g/mol. The lowest BCUT2D eigenvalue weighted by Gasteiger charge is -2.07. The second-order valence-corrected chi connectivity index (χ2v) is 3.66. The molecule has 0 aliphatic carbocycles. The van der Waals surface area contributed by atoms with Crippen LogP contribution in [0.1, 0.15) is 33.2 Å². The summed E-state index contributed by atoms with van der Waals surface area (Å²) in [6.45, 7) is 2.72. The highest BCUT2D eigenvalue weighted by Gasteiger charge is 2.11. The Labute approximate surface area is 98.4 Å². The van der Waals surface area contributed by atoms with Gasteiger partial charge in [-0.25, -0.2) is 0 Å². The number of benzene rings is 1. The van der Waals surface area contributed by atoms with Crippen LogP contribution >= 0.6 is 0 Å². The van der Waals surface area contributed by atoms with Gasteiger partial charge in [0, 0.05) is 11.1 Å². The largest absolute Gasteiger partial charge is 0.480 e. The van der Waals surface area contributed by atoms with Crippen molar-refractivity contribution in [3.05, 3.63) is 34.9 Å². The van der Waals surface area contributed by atoms with E-state index in [0.717, 1.165) is 0 Å². The Bertz CT molecular complexity index is 479. The molecule has 0 saturated carbocycles. The Hall–Kier alpha value is -2.17. The van der Waals surface area contributed by atoms with Crippen molar-refractivity contribution in [3.63, 3.8) is 0 Å². The third-order valence-electron chi connectivity index (χ3n) is 2.28. The van der Waals surface area contributed by atoms with Crippen LogP contribution < -0.4 is 5.32 Å². The van der Waals surface area contributed by atoms with Crippen molar-refractivity contribution in [2.45, 2.75) is 13.8 Å². The fraction of sp³-hybridized carbons (Fsp3) is 0.250. The molecule has 5 heteroatoms. The first-order chi connectivity index (χ1) is 7.91. The van der Waals surface area contributed by atoms with Crippen LogP contribution in [0.3, 0.4) is 0 Å². The molecule has 0 fully saturated rings. The Kier molecular flexibility index (Phi) is 3.98. The number of amides is 1. The summed E-state index contributed by atoms with van der Waals surface area (Å²) in [5.41, 5.74) is 1.54. The number of rotatable bonds is 4. The van der Waals surface area contributed by atoms with Crippen LogP contribution in [0, 0.1) is 6.92 Å². The lowest BCUT2D eigenvalue weighted by molar-refractivity contribution is -0.135. The number of ketones is 1. The molecule has 1 aromatic carbocycles. The molecular weight excluding hydrogens is 222 g/mol. The van der Waals surface area contributed by atoms with Crippen molar-refractivity contribution in [2.75, 3.05) is 6.54 Å². The van der Waals surface area contributed by atoms with Crippen molar-refractivity contribution in [1.29, 1.82) is 0 Å². The van der Waals surface area contributed by atoms with Crippen LogP contribution in [0.25, 0.3) is 0 Å².